The Labute approximate surface area is 190 Å². The van der Waals surface area contributed by atoms with E-state index in [1.165, 1.54) is 11.8 Å². The van der Waals surface area contributed by atoms with Crippen molar-refractivity contribution in [1.82, 2.24) is 20.1 Å². The molecule has 1 atom stereocenters. The molecule has 0 bridgehead atoms. The molecular formula is C22H24ClN5O2S. The Balaban J connectivity index is 1.58. The predicted octanol–water partition coefficient (Wildman–Crippen LogP) is 4.31. The summed E-state index contributed by atoms with van der Waals surface area (Å²) in [6.45, 7) is 5.82. The van der Waals surface area contributed by atoms with Crippen molar-refractivity contribution in [3.63, 3.8) is 0 Å². The molecule has 0 unspecified atom stereocenters. The number of benzene rings is 2. The maximum absolute atomic E-state index is 12.4. The quantitative estimate of drug-likeness (QED) is 0.516. The highest BCUT2D eigenvalue weighted by Crippen LogP contribution is 2.20. The minimum Gasteiger partial charge on any atom is -0.342 e. The zero-order valence-electron chi connectivity index (χ0n) is 17.8. The van der Waals surface area contributed by atoms with Crippen LogP contribution in [0.3, 0.4) is 0 Å². The van der Waals surface area contributed by atoms with E-state index in [-0.39, 0.29) is 23.6 Å². The summed E-state index contributed by atoms with van der Waals surface area (Å²) in [6, 6.07) is 12.2. The standard InChI is InChI=1S/C22H24ClN5O2S/c1-13-9-14(2)11-18(10-13)25-19(29)12-31-22-27-26-20(28(22)4)15(3)24-21(30)16-5-7-17(23)8-6-16/h5-11,15H,12H2,1-4H3,(H,24,30)(H,25,29)/t15-/m0/s1. The Hall–Kier alpha value is -2.84. The second kappa shape index (κ2) is 9.98. The van der Waals surface area contributed by atoms with E-state index >= 15 is 0 Å². The van der Waals surface area contributed by atoms with Crippen molar-refractivity contribution >= 4 is 40.9 Å². The number of anilines is 1. The van der Waals surface area contributed by atoms with Gasteiger partial charge in [-0.25, -0.2) is 0 Å². The van der Waals surface area contributed by atoms with Crippen molar-refractivity contribution in [1.29, 1.82) is 0 Å². The molecule has 162 valence electrons. The molecule has 31 heavy (non-hydrogen) atoms. The SMILES string of the molecule is Cc1cc(C)cc(NC(=O)CSc2nnc([C@H](C)NC(=O)c3ccc(Cl)cc3)n2C)c1. The van der Waals surface area contributed by atoms with Crippen LogP contribution in [0.25, 0.3) is 0 Å². The minimum absolute atomic E-state index is 0.122. The molecule has 9 heteroatoms. The fourth-order valence-electron chi connectivity index (χ4n) is 3.15. The number of hydrogen-bond donors (Lipinski definition) is 2. The van der Waals surface area contributed by atoms with Crippen molar-refractivity contribution in [3.8, 4) is 0 Å². The fraction of sp³-hybridized carbons (Fsp3) is 0.273. The lowest BCUT2D eigenvalue weighted by Gasteiger charge is -2.13. The number of rotatable bonds is 7. The summed E-state index contributed by atoms with van der Waals surface area (Å²) >= 11 is 7.16. The van der Waals surface area contributed by atoms with Gasteiger partial charge in [0, 0.05) is 23.3 Å². The average Bonchev–Trinajstić information content (AvgIpc) is 3.06. The fourth-order valence-corrected chi connectivity index (χ4v) is 3.99. The van der Waals surface area contributed by atoms with E-state index in [1.807, 2.05) is 40.0 Å². The number of carbonyl (C=O) groups excluding carboxylic acids is 2. The molecule has 0 aliphatic carbocycles. The van der Waals surface area contributed by atoms with Crippen LogP contribution in [0.4, 0.5) is 5.69 Å². The van der Waals surface area contributed by atoms with Crippen LogP contribution in [0.1, 0.15) is 40.3 Å². The lowest BCUT2D eigenvalue weighted by molar-refractivity contribution is -0.113. The number of nitrogens with one attached hydrogen (secondary N) is 2. The molecule has 1 heterocycles. The van der Waals surface area contributed by atoms with Gasteiger partial charge in [0.25, 0.3) is 5.91 Å². The molecule has 0 fully saturated rings. The van der Waals surface area contributed by atoms with E-state index < -0.39 is 0 Å². The first kappa shape index (κ1) is 22.8. The summed E-state index contributed by atoms with van der Waals surface area (Å²) in [4.78, 5) is 24.8. The molecule has 2 amide bonds. The van der Waals surface area contributed by atoms with Gasteiger partial charge in [0.1, 0.15) is 0 Å². The Morgan fingerprint density at radius 1 is 1.10 bits per heavy atom. The van der Waals surface area contributed by atoms with Gasteiger partial charge in [-0.05, 0) is 68.3 Å². The maximum atomic E-state index is 12.4. The van der Waals surface area contributed by atoms with Crippen LogP contribution in [0.15, 0.2) is 47.6 Å². The number of thioether (sulfide) groups is 1. The lowest BCUT2D eigenvalue weighted by Crippen LogP contribution is -2.28. The van der Waals surface area contributed by atoms with Crippen LogP contribution >= 0.6 is 23.4 Å². The Morgan fingerprint density at radius 3 is 2.39 bits per heavy atom. The van der Waals surface area contributed by atoms with E-state index in [0.717, 1.165) is 16.8 Å². The molecule has 0 saturated carbocycles. The molecule has 0 radical (unpaired) electrons. The number of aryl methyl sites for hydroxylation is 2. The first-order valence-corrected chi connectivity index (χ1v) is 11.1. The van der Waals surface area contributed by atoms with Crippen LogP contribution in [-0.2, 0) is 11.8 Å². The molecular weight excluding hydrogens is 434 g/mol. The van der Waals surface area contributed by atoms with Crippen molar-refractivity contribution in [2.45, 2.75) is 32.0 Å². The minimum atomic E-state index is -0.362. The van der Waals surface area contributed by atoms with E-state index in [1.54, 1.807) is 28.8 Å². The molecule has 0 aliphatic heterocycles. The number of carbonyl (C=O) groups is 2. The lowest BCUT2D eigenvalue weighted by atomic mass is 10.1. The highest BCUT2D eigenvalue weighted by Gasteiger charge is 2.19. The van der Waals surface area contributed by atoms with E-state index in [2.05, 4.69) is 26.9 Å². The van der Waals surface area contributed by atoms with E-state index in [9.17, 15) is 9.59 Å². The number of nitrogens with zero attached hydrogens (tertiary/aromatic N) is 3. The summed E-state index contributed by atoms with van der Waals surface area (Å²) in [5.41, 5.74) is 3.47. The Morgan fingerprint density at radius 2 is 1.74 bits per heavy atom. The Bertz CT molecular complexity index is 1080. The van der Waals surface area contributed by atoms with Crippen molar-refractivity contribution in [2.75, 3.05) is 11.1 Å². The topological polar surface area (TPSA) is 88.9 Å². The molecule has 7 nitrogen and oxygen atoms in total. The molecule has 3 aromatic rings. The Kier molecular flexibility index (Phi) is 7.35. The first-order chi connectivity index (χ1) is 14.7. The number of hydrogen-bond acceptors (Lipinski definition) is 5. The molecule has 2 N–H and O–H groups in total. The highest BCUT2D eigenvalue weighted by atomic mass is 35.5. The van der Waals surface area contributed by atoms with Crippen LogP contribution in [0, 0.1) is 13.8 Å². The number of aromatic nitrogens is 3. The monoisotopic (exact) mass is 457 g/mol. The van der Waals surface area contributed by atoms with Crippen molar-refractivity contribution in [3.05, 3.63) is 70.0 Å². The second-order valence-electron chi connectivity index (χ2n) is 7.32. The van der Waals surface area contributed by atoms with Gasteiger partial charge in [0.2, 0.25) is 5.91 Å². The first-order valence-electron chi connectivity index (χ1n) is 9.69. The summed E-state index contributed by atoms with van der Waals surface area (Å²) < 4.78 is 1.78. The van der Waals surface area contributed by atoms with Crippen LogP contribution < -0.4 is 10.6 Å². The van der Waals surface area contributed by atoms with Crippen molar-refractivity contribution < 1.29 is 9.59 Å². The number of amides is 2. The molecule has 2 aromatic carbocycles. The predicted molar refractivity (Wildman–Crippen MR) is 124 cm³/mol. The molecule has 0 aliphatic rings. The third-order valence-corrected chi connectivity index (χ3v) is 5.82. The van der Waals surface area contributed by atoms with Gasteiger partial charge in [-0.1, -0.05) is 29.4 Å². The van der Waals surface area contributed by atoms with Gasteiger partial charge in [0.05, 0.1) is 11.8 Å². The normalized spacial score (nSPS) is 11.8. The van der Waals surface area contributed by atoms with Gasteiger partial charge < -0.3 is 15.2 Å². The molecule has 3 rings (SSSR count). The van der Waals surface area contributed by atoms with Gasteiger partial charge in [0.15, 0.2) is 11.0 Å². The third kappa shape index (κ3) is 6.08. The molecule has 0 spiro atoms. The van der Waals surface area contributed by atoms with Crippen LogP contribution in [0.2, 0.25) is 5.02 Å². The zero-order valence-corrected chi connectivity index (χ0v) is 19.3. The number of halogens is 1. The maximum Gasteiger partial charge on any atom is 0.251 e. The summed E-state index contributed by atoms with van der Waals surface area (Å²) in [5.74, 6) is 0.446. The zero-order chi connectivity index (χ0) is 22.5. The summed E-state index contributed by atoms with van der Waals surface area (Å²) in [6.07, 6.45) is 0. The second-order valence-corrected chi connectivity index (χ2v) is 8.69. The van der Waals surface area contributed by atoms with E-state index in [0.29, 0.717) is 21.6 Å². The van der Waals surface area contributed by atoms with Crippen molar-refractivity contribution in [2.24, 2.45) is 7.05 Å². The van der Waals surface area contributed by atoms with Gasteiger partial charge in [-0.15, -0.1) is 10.2 Å². The van der Waals surface area contributed by atoms with Gasteiger partial charge >= 0.3 is 0 Å². The average molecular weight is 458 g/mol. The van der Waals surface area contributed by atoms with Gasteiger partial charge in [-0.3, -0.25) is 9.59 Å². The van der Waals surface area contributed by atoms with Gasteiger partial charge in [-0.2, -0.15) is 0 Å². The summed E-state index contributed by atoms with van der Waals surface area (Å²) in [5, 5.41) is 15.3. The largest absolute Gasteiger partial charge is 0.342 e. The molecule has 0 saturated heterocycles. The molecule has 1 aromatic heterocycles. The smallest absolute Gasteiger partial charge is 0.251 e. The van der Waals surface area contributed by atoms with Crippen LogP contribution in [0.5, 0.6) is 0 Å². The highest BCUT2D eigenvalue weighted by molar-refractivity contribution is 7.99. The van der Waals surface area contributed by atoms with Crippen LogP contribution in [-0.4, -0.2) is 32.3 Å². The summed E-state index contributed by atoms with van der Waals surface area (Å²) in [7, 11) is 1.81. The van der Waals surface area contributed by atoms with E-state index in [4.69, 9.17) is 11.6 Å². The third-order valence-electron chi connectivity index (χ3n) is 4.55.